The topological polar surface area (TPSA) is 116 Å². The number of fused-ring (bicyclic) bond motifs is 1. The van der Waals surface area contributed by atoms with E-state index in [9.17, 15) is 23.4 Å². The number of aliphatic hydroxyl groups is 2. The van der Waals surface area contributed by atoms with Gasteiger partial charge in [0.25, 0.3) is 0 Å². The first-order chi connectivity index (χ1) is 18.4. The van der Waals surface area contributed by atoms with E-state index in [-0.39, 0.29) is 23.6 Å². The maximum absolute atomic E-state index is 13.6. The number of nitrogens with one attached hydrogen (secondary N) is 2. The molecule has 7 nitrogen and oxygen atoms in total. The van der Waals surface area contributed by atoms with Crippen LogP contribution in [0.3, 0.4) is 0 Å². The Morgan fingerprint density at radius 2 is 1.59 bits per heavy atom. The van der Waals surface area contributed by atoms with Gasteiger partial charge in [0.1, 0.15) is 0 Å². The molecule has 3 aromatic carbocycles. The van der Waals surface area contributed by atoms with Gasteiger partial charge in [0, 0.05) is 17.9 Å². The van der Waals surface area contributed by atoms with E-state index in [1.165, 1.54) is 6.07 Å². The van der Waals surface area contributed by atoms with Crippen molar-refractivity contribution < 1.29 is 23.4 Å². The number of aliphatic hydroxyl groups excluding tert-OH is 2. The van der Waals surface area contributed by atoms with Crippen molar-refractivity contribution in [3.05, 3.63) is 101 Å². The molecule has 0 aliphatic heterocycles. The van der Waals surface area contributed by atoms with E-state index in [2.05, 4.69) is 10.0 Å². The number of benzene rings is 3. The Kier molecular flexibility index (Phi) is 8.91. The van der Waals surface area contributed by atoms with Gasteiger partial charge in [-0.3, -0.25) is 4.79 Å². The zero-order valence-electron chi connectivity index (χ0n) is 22.7. The molecular weight excluding hydrogens is 512 g/mol. The van der Waals surface area contributed by atoms with Gasteiger partial charge < -0.3 is 15.5 Å². The molecule has 0 fully saturated rings. The highest BCUT2D eigenvalue weighted by Crippen LogP contribution is 2.32. The third kappa shape index (κ3) is 7.54. The van der Waals surface area contributed by atoms with Crippen LogP contribution in [-0.4, -0.2) is 42.3 Å². The second-order valence-electron chi connectivity index (χ2n) is 11.4. The van der Waals surface area contributed by atoms with Gasteiger partial charge in [-0.05, 0) is 68.4 Å². The zero-order valence-corrected chi connectivity index (χ0v) is 23.5. The van der Waals surface area contributed by atoms with E-state index in [0.717, 1.165) is 16.7 Å². The van der Waals surface area contributed by atoms with Crippen molar-refractivity contribution in [3.8, 4) is 0 Å². The largest absolute Gasteiger partial charge is 0.393 e. The van der Waals surface area contributed by atoms with Crippen LogP contribution in [0.1, 0.15) is 55.5 Å². The molecule has 0 saturated heterocycles. The van der Waals surface area contributed by atoms with E-state index < -0.39 is 39.7 Å². The molecular formula is C31H38N2O5S. The third-order valence-corrected chi connectivity index (χ3v) is 8.77. The molecule has 0 unspecified atom stereocenters. The zero-order chi connectivity index (χ0) is 28.2. The van der Waals surface area contributed by atoms with Gasteiger partial charge in [-0.25, -0.2) is 13.1 Å². The maximum Gasteiger partial charge on any atom is 0.241 e. The van der Waals surface area contributed by atoms with E-state index >= 15 is 0 Å². The summed E-state index contributed by atoms with van der Waals surface area (Å²) in [6.07, 6.45) is -0.598. The van der Waals surface area contributed by atoms with Crippen LogP contribution in [0.2, 0.25) is 0 Å². The molecule has 4 rings (SSSR count). The predicted molar refractivity (Wildman–Crippen MR) is 152 cm³/mol. The lowest BCUT2D eigenvalue weighted by Crippen LogP contribution is -2.41. The molecule has 0 bridgehead atoms. The van der Waals surface area contributed by atoms with Crippen molar-refractivity contribution in [1.82, 2.24) is 10.0 Å². The molecule has 1 aliphatic carbocycles. The Balaban J connectivity index is 1.53. The highest BCUT2D eigenvalue weighted by atomic mass is 32.2. The monoisotopic (exact) mass is 550 g/mol. The molecule has 3 aromatic rings. The Bertz CT molecular complexity index is 1390. The molecule has 0 spiro atoms. The first-order valence-electron chi connectivity index (χ1n) is 13.3. The molecule has 39 heavy (non-hydrogen) atoms. The quantitative estimate of drug-likeness (QED) is 0.307. The predicted octanol–water partition coefficient (Wildman–Crippen LogP) is 3.69. The number of carbonyl (C=O) groups excluding carboxylic acids is 1. The molecule has 0 saturated carbocycles. The second kappa shape index (κ2) is 12.0. The van der Waals surface area contributed by atoms with Crippen molar-refractivity contribution in [1.29, 1.82) is 0 Å². The Morgan fingerprint density at radius 3 is 2.31 bits per heavy atom. The average molecular weight is 551 g/mol. The van der Waals surface area contributed by atoms with Gasteiger partial charge >= 0.3 is 0 Å². The summed E-state index contributed by atoms with van der Waals surface area (Å²) < 4.78 is 28.8. The van der Waals surface area contributed by atoms with Crippen LogP contribution in [0.5, 0.6) is 0 Å². The lowest BCUT2D eigenvalue weighted by molar-refractivity contribution is -0.127. The van der Waals surface area contributed by atoms with Crippen molar-refractivity contribution in [2.45, 2.75) is 75.1 Å². The number of carbonyl (C=O) groups is 1. The lowest BCUT2D eigenvalue weighted by Gasteiger charge is -2.25. The van der Waals surface area contributed by atoms with E-state index in [1.807, 2.05) is 54.6 Å². The number of amides is 1. The summed E-state index contributed by atoms with van der Waals surface area (Å²) >= 11 is 0. The summed E-state index contributed by atoms with van der Waals surface area (Å²) in [6.45, 7) is 5.32. The van der Waals surface area contributed by atoms with Crippen LogP contribution in [-0.2, 0) is 34.1 Å². The second-order valence-corrected chi connectivity index (χ2v) is 13.1. The Labute approximate surface area is 231 Å². The molecule has 208 valence electrons. The van der Waals surface area contributed by atoms with Gasteiger partial charge in [0.15, 0.2) is 0 Å². The highest BCUT2D eigenvalue weighted by molar-refractivity contribution is 7.89. The minimum Gasteiger partial charge on any atom is -0.393 e. The number of hydrogen-bond donors (Lipinski definition) is 4. The molecule has 4 N–H and O–H groups in total. The number of hydrogen-bond acceptors (Lipinski definition) is 5. The maximum atomic E-state index is 13.6. The number of rotatable bonds is 10. The van der Waals surface area contributed by atoms with Crippen molar-refractivity contribution in [3.63, 3.8) is 0 Å². The standard InChI is InChI=1S/C31H38N2O5S/c1-31(2,3)33-39(37,38)28-16-10-8-14-23(28)18-25(34)19-24(17-21-11-5-4-6-12-21)30(36)32-29-26-15-9-7-13-22(26)20-27(29)35/h4-16,24-25,27,29,33-35H,17-20H2,1-3H3,(H,32,36)/t24-,25-,27-,29+/m1/s1. The fourth-order valence-electron chi connectivity index (χ4n) is 5.26. The summed E-state index contributed by atoms with van der Waals surface area (Å²) in [5.74, 6) is -0.840. The van der Waals surface area contributed by atoms with Crippen LogP contribution in [0, 0.1) is 5.92 Å². The summed E-state index contributed by atoms with van der Waals surface area (Å²) in [5.41, 5.74) is 2.70. The fourth-order valence-corrected chi connectivity index (χ4v) is 6.93. The lowest BCUT2D eigenvalue weighted by atomic mass is 9.90. The first kappa shape index (κ1) is 29.0. The van der Waals surface area contributed by atoms with Gasteiger partial charge in [-0.15, -0.1) is 0 Å². The van der Waals surface area contributed by atoms with Crippen LogP contribution < -0.4 is 10.0 Å². The van der Waals surface area contributed by atoms with E-state index in [4.69, 9.17) is 0 Å². The first-order valence-corrected chi connectivity index (χ1v) is 14.8. The average Bonchev–Trinajstić information content (AvgIpc) is 3.18. The molecule has 1 aliphatic rings. The van der Waals surface area contributed by atoms with E-state index in [1.54, 1.807) is 39.0 Å². The molecule has 1 amide bonds. The fraction of sp³-hybridized carbons (Fsp3) is 0.387. The summed E-state index contributed by atoms with van der Waals surface area (Å²) in [7, 11) is -3.81. The Morgan fingerprint density at radius 1 is 0.949 bits per heavy atom. The molecule has 0 radical (unpaired) electrons. The summed E-state index contributed by atoms with van der Waals surface area (Å²) in [6, 6.07) is 23.4. The van der Waals surface area contributed by atoms with Crippen molar-refractivity contribution in [2.24, 2.45) is 5.92 Å². The highest BCUT2D eigenvalue weighted by Gasteiger charge is 2.34. The van der Waals surface area contributed by atoms with Gasteiger partial charge in [-0.2, -0.15) is 0 Å². The van der Waals surface area contributed by atoms with Gasteiger partial charge in [0.05, 0.1) is 23.1 Å². The Hall–Kier alpha value is -3.04. The van der Waals surface area contributed by atoms with Crippen LogP contribution in [0.15, 0.2) is 83.8 Å². The van der Waals surface area contributed by atoms with Crippen molar-refractivity contribution >= 4 is 15.9 Å². The SMILES string of the molecule is CC(C)(C)NS(=O)(=O)c1ccccc1C[C@@H](O)C[C@@H](Cc1ccccc1)C(=O)N[C@H]1c2ccccc2C[C@H]1O. The van der Waals surface area contributed by atoms with Crippen LogP contribution in [0.4, 0.5) is 0 Å². The summed E-state index contributed by atoms with van der Waals surface area (Å²) in [5, 5.41) is 24.8. The number of sulfonamides is 1. The van der Waals surface area contributed by atoms with Gasteiger partial charge in [0.2, 0.25) is 15.9 Å². The normalized spacial score (nSPS) is 18.8. The smallest absolute Gasteiger partial charge is 0.241 e. The van der Waals surface area contributed by atoms with Crippen LogP contribution >= 0.6 is 0 Å². The summed E-state index contributed by atoms with van der Waals surface area (Å²) in [4.78, 5) is 13.7. The van der Waals surface area contributed by atoms with E-state index in [0.29, 0.717) is 18.4 Å². The minimum absolute atomic E-state index is 0.0781. The molecule has 0 aromatic heterocycles. The molecule has 8 heteroatoms. The molecule has 4 atom stereocenters. The molecule has 0 heterocycles. The van der Waals surface area contributed by atoms with Gasteiger partial charge in [-0.1, -0.05) is 72.8 Å². The van der Waals surface area contributed by atoms with Crippen LogP contribution in [0.25, 0.3) is 0 Å². The minimum atomic E-state index is -3.81. The van der Waals surface area contributed by atoms with Crippen molar-refractivity contribution in [2.75, 3.05) is 0 Å². The third-order valence-electron chi connectivity index (χ3n) is 6.91.